The van der Waals surface area contributed by atoms with Crippen LogP contribution in [0.5, 0.6) is 5.75 Å². The van der Waals surface area contributed by atoms with E-state index in [4.69, 9.17) is 19.0 Å². The molecule has 7 heteroatoms. The highest BCUT2D eigenvalue weighted by Gasteiger charge is 2.42. The maximum Gasteiger partial charge on any atom is 0.254 e. The number of methoxy groups -OCH3 is 2. The molecule has 0 bridgehead atoms. The van der Waals surface area contributed by atoms with Gasteiger partial charge in [0.1, 0.15) is 5.75 Å². The van der Waals surface area contributed by atoms with Crippen molar-refractivity contribution in [2.75, 3.05) is 33.9 Å². The fraction of sp³-hybridized carbons (Fsp3) is 0.591. The summed E-state index contributed by atoms with van der Waals surface area (Å²) in [6, 6.07) is 5.62. The van der Waals surface area contributed by atoms with E-state index < -0.39 is 0 Å². The van der Waals surface area contributed by atoms with Gasteiger partial charge in [0.2, 0.25) is 5.89 Å². The van der Waals surface area contributed by atoms with E-state index in [-0.39, 0.29) is 11.3 Å². The molecule has 0 radical (unpaired) electrons. The zero-order valence-corrected chi connectivity index (χ0v) is 17.4. The quantitative estimate of drug-likeness (QED) is 0.709. The molecule has 1 aromatic heterocycles. The van der Waals surface area contributed by atoms with Crippen LogP contribution in [0, 0.1) is 6.92 Å². The van der Waals surface area contributed by atoms with Crippen LogP contribution >= 0.6 is 0 Å². The standard InChI is InChI=1S/C22H29N3O4/c1-15-17(5-4-6-18(15)28-3)20(26)25-12-9-22(10-13-25,11-14-27-2)21-23-19(29-24-21)16-7-8-16/h4-6,16H,7-14H2,1-3H3. The third-order valence-corrected chi connectivity index (χ3v) is 6.37. The third-order valence-electron chi connectivity index (χ3n) is 6.37. The summed E-state index contributed by atoms with van der Waals surface area (Å²) in [6.45, 7) is 3.88. The molecule has 7 nitrogen and oxygen atoms in total. The van der Waals surface area contributed by atoms with Crippen molar-refractivity contribution in [2.24, 2.45) is 0 Å². The molecule has 2 aliphatic rings. The number of likely N-dealkylation sites (tertiary alicyclic amines) is 1. The Morgan fingerprint density at radius 1 is 1.28 bits per heavy atom. The lowest BCUT2D eigenvalue weighted by molar-refractivity contribution is 0.0615. The summed E-state index contributed by atoms with van der Waals surface area (Å²) < 4.78 is 16.3. The van der Waals surface area contributed by atoms with Gasteiger partial charge in [-0.3, -0.25) is 4.79 Å². The average Bonchev–Trinajstić information content (AvgIpc) is 3.48. The summed E-state index contributed by atoms with van der Waals surface area (Å²) in [5, 5.41) is 4.33. The molecule has 4 rings (SSSR count). The Bertz CT molecular complexity index is 867. The van der Waals surface area contributed by atoms with Gasteiger partial charge in [-0.25, -0.2) is 0 Å². The highest BCUT2D eigenvalue weighted by molar-refractivity contribution is 5.96. The van der Waals surface area contributed by atoms with Crippen molar-refractivity contribution in [3.05, 3.63) is 41.0 Å². The summed E-state index contributed by atoms with van der Waals surface area (Å²) >= 11 is 0. The number of aromatic nitrogens is 2. The topological polar surface area (TPSA) is 77.7 Å². The van der Waals surface area contributed by atoms with Gasteiger partial charge < -0.3 is 18.9 Å². The largest absolute Gasteiger partial charge is 0.496 e. The van der Waals surface area contributed by atoms with E-state index in [1.54, 1.807) is 14.2 Å². The van der Waals surface area contributed by atoms with Crippen LogP contribution in [0.25, 0.3) is 0 Å². The molecule has 2 fully saturated rings. The number of carbonyl (C=O) groups is 1. The van der Waals surface area contributed by atoms with E-state index in [2.05, 4.69) is 5.16 Å². The minimum Gasteiger partial charge on any atom is -0.496 e. The first kappa shape index (κ1) is 19.9. The van der Waals surface area contributed by atoms with Crippen molar-refractivity contribution in [2.45, 2.75) is 50.4 Å². The van der Waals surface area contributed by atoms with Crippen LogP contribution in [0.3, 0.4) is 0 Å². The Labute approximate surface area is 171 Å². The summed E-state index contributed by atoms with van der Waals surface area (Å²) in [4.78, 5) is 19.8. The van der Waals surface area contributed by atoms with Gasteiger partial charge in [0.15, 0.2) is 5.82 Å². The summed E-state index contributed by atoms with van der Waals surface area (Å²) in [7, 11) is 3.34. The summed E-state index contributed by atoms with van der Waals surface area (Å²) in [5.41, 5.74) is 1.38. The predicted molar refractivity (Wildman–Crippen MR) is 107 cm³/mol. The molecular weight excluding hydrogens is 370 g/mol. The van der Waals surface area contributed by atoms with E-state index in [1.165, 1.54) is 0 Å². The Morgan fingerprint density at radius 2 is 2.03 bits per heavy atom. The maximum atomic E-state index is 13.1. The number of piperidine rings is 1. The van der Waals surface area contributed by atoms with Gasteiger partial charge in [-0.15, -0.1) is 0 Å². The molecule has 0 N–H and O–H groups in total. The second-order valence-electron chi connectivity index (χ2n) is 8.18. The van der Waals surface area contributed by atoms with Gasteiger partial charge in [0, 0.05) is 49.3 Å². The molecule has 1 aromatic carbocycles. The van der Waals surface area contributed by atoms with E-state index in [0.29, 0.717) is 31.2 Å². The van der Waals surface area contributed by atoms with Gasteiger partial charge in [-0.2, -0.15) is 4.98 Å². The Hall–Kier alpha value is -2.41. The molecule has 1 amide bonds. The molecule has 29 heavy (non-hydrogen) atoms. The van der Waals surface area contributed by atoms with Crippen LogP contribution in [0.2, 0.25) is 0 Å². The van der Waals surface area contributed by atoms with E-state index in [1.807, 2.05) is 30.0 Å². The molecule has 0 unspecified atom stereocenters. The number of hydrogen-bond donors (Lipinski definition) is 0. The molecule has 0 spiro atoms. The molecule has 2 heterocycles. The first-order valence-electron chi connectivity index (χ1n) is 10.3. The van der Waals surface area contributed by atoms with Crippen LogP contribution in [-0.4, -0.2) is 54.9 Å². The third kappa shape index (κ3) is 3.88. The average molecular weight is 399 g/mol. The minimum atomic E-state index is -0.202. The number of rotatable bonds is 7. The normalized spacial score (nSPS) is 18.7. The van der Waals surface area contributed by atoms with Crippen molar-refractivity contribution in [1.82, 2.24) is 15.0 Å². The van der Waals surface area contributed by atoms with E-state index in [9.17, 15) is 4.79 Å². The van der Waals surface area contributed by atoms with Gasteiger partial charge in [-0.1, -0.05) is 11.2 Å². The van der Waals surface area contributed by atoms with Crippen LogP contribution in [-0.2, 0) is 10.2 Å². The van der Waals surface area contributed by atoms with Crippen molar-refractivity contribution in [3.8, 4) is 5.75 Å². The number of amides is 1. The SMILES string of the molecule is COCCC1(c2noc(C3CC3)n2)CCN(C(=O)c2cccc(OC)c2C)CC1. The molecule has 156 valence electrons. The van der Waals surface area contributed by atoms with E-state index >= 15 is 0 Å². The van der Waals surface area contributed by atoms with Crippen LogP contribution in [0.4, 0.5) is 0 Å². The van der Waals surface area contributed by atoms with Crippen molar-refractivity contribution in [3.63, 3.8) is 0 Å². The number of nitrogens with zero attached hydrogens (tertiary/aromatic N) is 3. The molecular formula is C22H29N3O4. The van der Waals surface area contributed by atoms with Crippen molar-refractivity contribution in [1.29, 1.82) is 0 Å². The second-order valence-corrected chi connectivity index (χ2v) is 8.18. The fourth-order valence-corrected chi connectivity index (χ4v) is 4.21. The lowest BCUT2D eigenvalue weighted by atomic mass is 9.75. The lowest BCUT2D eigenvalue weighted by Gasteiger charge is -2.40. The number of ether oxygens (including phenoxy) is 2. The first-order valence-corrected chi connectivity index (χ1v) is 10.3. The summed E-state index contributed by atoms with van der Waals surface area (Å²) in [6.07, 6.45) is 4.70. The number of carbonyl (C=O) groups excluding carboxylic acids is 1. The molecule has 1 saturated carbocycles. The van der Waals surface area contributed by atoms with Crippen LogP contribution in [0.15, 0.2) is 22.7 Å². The molecule has 1 saturated heterocycles. The van der Waals surface area contributed by atoms with Crippen molar-refractivity contribution < 1.29 is 18.8 Å². The van der Waals surface area contributed by atoms with Gasteiger partial charge in [0.25, 0.3) is 5.91 Å². The number of hydrogen-bond acceptors (Lipinski definition) is 6. The van der Waals surface area contributed by atoms with Crippen molar-refractivity contribution >= 4 is 5.91 Å². The minimum absolute atomic E-state index is 0.0496. The zero-order valence-electron chi connectivity index (χ0n) is 17.4. The lowest BCUT2D eigenvalue weighted by Crippen LogP contribution is -2.46. The smallest absolute Gasteiger partial charge is 0.254 e. The molecule has 1 aliphatic carbocycles. The van der Waals surface area contributed by atoms with Gasteiger partial charge in [0.05, 0.1) is 7.11 Å². The second kappa shape index (κ2) is 8.14. The maximum absolute atomic E-state index is 13.1. The Morgan fingerprint density at radius 3 is 2.69 bits per heavy atom. The van der Waals surface area contributed by atoms with E-state index in [0.717, 1.165) is 55.1 Å². The molecule has 0 atom stereocenters. The highest BCUT2D eigenvalue weighted by atomic mass is 16.5. The van der Waals surface area contributed by atoms with Gasteiger partial charge >= 0.3 is 0 Å². The highest BCUT2D eigenvalue weighted by Crippen LogP contribution is 2.42. The van der Waals surface area contributed by atoms with Crippen LogP contribution < -0.4 is 4.74 Å². The monoisotopic (exact) mass is 399 g/mol. The molecule has 2 aromatic rings. The Balaban J connectivity index is 1.51. The van der Waals surface area contributed by atoms with Crippen LogP contribution in [0.1, 0.15) is 65.7 Å². The van der Waals surface area contributed by atoms with Gasteiger partial charge in [-0.05, 0) is 51.2 Å². The number of benzene rings is 1. The molecule has 1 aliphatic heterocycles. The zero-order chi connectivity index (χ0) is 20.4. The Kier molecular flexibility index (Phi) is 5.58. The first-order chi connectivity index (χ1) is 14.1. The predicted octanol–water partition coefficient (Wildman–Crippen LogP) is 3.47. The summed E-state index contributed by atoms with van der Waals surface area (Å²) in [5.74, 6) is 2.77. The fourth-order valence-electron chi connectivity index (χ4n) is 4.21.